The molecule has 19 heavy (non-hydrogen) atoms. The van der Waals surface area contributed by atoms with Gasteiger partial charge in [0.25, 0.3) is 0 Å². The summed E-state index contributed by atoms with van der Waals surface area (Å²) < 4.78 is 0. The summed E-state index contributed by atoms with van der Waals surface area (Å²) in [6.45, 7) is 7.75. The predicted molar refractivity (Wildman–Crippen MR) is 74.8 cm³/mol. The molecule has 2 heterocycles. The van der Waals surface area contributed by atoms with Gasteiger partial charge in [0.15, 0.2) is 0 Å². The number of primary amides is 1. The Labute approximate surface area is 114 Å². The van der Waals surface area contributed by atoms with Crippen LogP contribution >= 0.6 is 0 Å². The molecule has 2 fully saturated rings. The second-order valence-corrected chi connectivity index (χ2v) is 5.88. The van der Waals surface area contributed by atoms with E-state index >= 15 is 0 Å². The molecule has 0 bridgehead atoms. The van der Waals surface area contributed by atoms with E-state index in [-0.39, 0.29) is 5.91 Å². The molecule has 1 amide bonds. The number of likely N-dealkylation sites (tertiary alicyclic amines) is 1. The zero-order valence-electron chi connectivity index (χ0n) is 11.4. The van der Waals surface area contributed by atoms with Gasteiger partial charge in [-0.2, -0.15) is 0 Å². The van der Waals surface area contributed by atoms with Gasteiger partial charge in [0.05, 0.1) is 0 Å². The van der Waals surface area contributed by atoms with Crippen LogP contribution in [0.25, 0.3) is 0 Å². The van der Waals surface area contributed by atoms with Crippen molar-refractivity contribution in [1.82, 2.24) is 10.2 Å². The van der Waals surface area contributed by atoms with Gasteiger partial charge in [0, 0.05) is 25.2 Å². The van der Waals surface area contributed by atoms with Gasteiger partial charge in [-0.05, 0) is 55.1 Å². The van der Waals surface area contributed by atoms with E-state index in [0.717, 1.165) is 23.9 Å². The number of amides is 1. The minimum atomic E-state index is -0.351. The topological polar surface area (TPSA) is 58.4 Å². The predicted octanol–water partition coefficient (Wildman–Crippen LogP) is 0.745. The molecule has 0 spiro atoms. The number of carbonyl (C=O) groups is 1. The Kier molecular flexibility index (Phi) is 3.29. The normalized spacial score (nSPS) is 26.6. The van der Waals surface area contributed by atoms with E-state index in [2.05, 4.69) is 17.1 Å². The van der Waals surface area contributed by atoms with Crippen LogP contribution in [0.2, 0.25) is 0 Å². The average Bonchev–Trinajstić information content (AvgIpc) is 2.92. The molecular weight excluding hydrogens is 238 g/mol. The van der Waals surface area contributed by atoms with E-state index in [4.69, 9.17) is 5.73 Å². The highest BCUT2D eigenvalue weighted by atomic mass is 16.1. The lowest BCUT2D eigenvalue weighted by Crippen LogP contribution is -2.25. The molecule has 2 atom stereocenters. The van der Waals surface area contributed by atoms with E-state index in [9.17, 15) is 4.79 Å². The SMILES string of the molecule is Cc1cc(C(N)=O)ccc1CN1C[C@H]2CNC[C@H]2C1. The lowest BCUT2D eigenvalue weighted by molar-refractivity contribution is 0.1000. The standard InChI is InChI=1S/C15H21N3O/c1-10-4-11(15(16)19)2-3-12(10)7-18-8-13-5-17-6-14(13)9-18/h2-4,13-14,17H,5-9H2,1H3,(H2,16,19)/t13-,14+. The van der Waals surface area contributed by atoms with Gasteiger partial charge in [0.2, 0.25) is 5.91 Å². The molecule has 0 radical (unpaired) electrons. The Hall–Kier alpha value is -1.39. The maximum absolute atomic E-state index is 11.1. The number of carbonyl (C=O) groups excluding carboxylic acids is 1. The molecule has 2 aliphatic heterocycles. The number of fused-ring (bicyclic) bond motifs is 1. The van der Waals surface area contributed by atoms with Crippen LogP contribution in [0.4, 0.5) is 0 Å². The van der Waals surface area contributed by atoms with Crippen LogP contribution in [-0.2, 0) is 6.54 Å². The Balaban J connectivity index is 1.69. The van der Waals surface area contributed by atoms with Crippen LogP contribution in [0.15, 0.2) is 18.2 Å². The zero-order chi connectivity index (χ0) is 13.4. The van der Waals surface area contributed by atoms with Crippen molar-refractivity contribution in [2.75, 3.05) is 26.2 Å². The summed E-state index contributed by atoms with van der Waals surface area (Å²) in [6.07, 6.45) is 0. The molecule has 1 aromatic rings. The Morgan fingerprint density at radius 3 is 2.63 bits per heavy atom. The molecule has 4 nitrogen and oxygen atoms in total. The summed E-state index contributed by atoms with van der Waals surface area (Å²) in [4.78, 5) is 13.7. The van der Waals surface area contributed by atoms with Crippen LogP contribution < -0.4 is 11.1 Å². The Morgan fingerprint density at radius 1 is 1.37 bits per heavy atom. The van der Waals surface area contributed by atoms with Crippen molar-refractivity contribution in [3.8, 4) is 0 Å². The third kappa shape index (κ3) is 2.51. The van der Waals surface area contributed by atoms with Gasteiger partial charge in [-0.25, -0.2) is 0 Å². The fourth-order valence-electron chi connectivity index (χ4n) is 3.35. The molecule has 0 aromatic heterocycles. The van der Waals surface area contributed by atoms with Crippen LogP contribution in [0.5, 0.6) is 0 Å². The van der Waals surface area contributed by atoms with Crippen LogP contribution in [0, 0.1) is 18.8 Å². The van der Waals surface area contributed by atoms with E-state index in [0.29, 0.717) is 5.56 Å². The summed E-state index contributed by atoms with van der Waals surface area (Å²) in [7, 11) is 0. The van der Waals surface area contributed by atoms with Crippen molar-refractivity contribution >= 4 is 5.91 Å². The van der Waals surface area contributed by atoms with E-state index < -0.39 is 0 Å². The fraction of sp³-hybridized carbons (Fsp3) is 0.533. The third-order valence-electron chi connectivity index (χ3n) is 4.49. The van der Waals surface area contributed by atoms with E-state index in [1.54, 1.807) is 0 Å². The maximum Gasteiger partial charge on any atom is 0.248 e. The summed E-state index contributed by atoms with van der Waals surface area (Å²) in [5, 5.41) is 3.46. The second-order valence-electron chi connectivity index (χ2n) is 5.88. The minimum Gasteiger partial charge on any atom is -0.366 e. The quantitative estimate of drug-likeness (QED) is 0.842. The largest absolute Gasteiger partial charge is 0.366 e. The molecule has 1 aromatic carbocycles. The molecule has 0 unspecified atom stereocenters. The number of rotatable bonds is 3. The maximum atomic E-state index is 11.1. The first-order valence-electron chi connectivity index (χ1n) is 6.96. The summed E-state index contributed by atoms with van der Waals surface area (Å²) in [5.41, 5.74) is 8.37. The highest BCUT2D eigenvalue weighted by Crippen LogP contribution is 2.28. The molecule has 4 heteroatoms. The average molecular weight is 259 g/mol. The zero-order valence-corrected chi connectivity index (χ0v) is 11.4. The van der Waals surface area contributed by atoms with Gasteiger partial charge < -0.3 is 11.1 Å². The fourth-order valence-corrected chi connectivity index (χ4v) is 3.35. The van der Waals surface area contributed by atoms with Crippen molar-refractivity contribution in [2.24, 2.45) is 17.6 Å². The number of nitrogens with zero attached hydrogens (tertiary/aromatic N) is 1. The summed E-state index contributed by atoms with van der Waals surface area (Å²) in [5.74, 6) is 1.30. The van der Waals surface area contributed by atoms with Gasteiger partial charge in [-0.1, -0.05) is 6.07 Å². The number of nitrogens with two attached hydrogens (primary N) is 1. The van der Waals surface area contributed by atoms with Gasteiger partial charge in [0.1, 0.15) is 0 Å². The van der Waals surface area contributed by atoms with Crippen molar-refractivity contribution in [3.05, 3.63) is 34.9 Å². The second kappa shape index (κ2) is 4.94. The first-order chi connectivity index (χ1) is 9.13. The van der Waals surface area contributed by atoms with Gasteiger partial charge >= 0.3 is 0 Å². The highest BCUT2D eigenvalue weighted by molar-refractivity contribution is 5.93. The molecule has 2 saturated heterocycles. The van der Waals surface area contributed by atoms with Gasteiger partial charge in [-0.3, -0.25) is 9.69 Å². The van der Waals surface area contributed by atoms with E-state index in [1.165, 1.54) is 31.7 Å². The Bertz CT molecular complexity index is 488. The van der Waals surface area contributed by atoms with Gasteiger partial charge in [-0.15, -0.1) is 0 Å². The van der Waals surface area contributed by atoms with Crippen LogP contribution in [0.1, 0.15) is 21.5 Å². The van der Waals surface area contributed by atoms with Crippen molar-refractivity contribution in [2.45, 2.75) is 13.5 Å². The monoisotopic (exact) mass is 259 g/mol. The lowest BCUT2D eigenvalue weighted by Gasteiger charge is -2.18. The molecule has 2 aliphatic rings. The third-order valence-corrected chi connectivity index (χ3v) is 4.49. The number of benzene rings is 1. The minimum absolute atomic E-state index is 0.351. The summed E-state index contributed by atoms with van der Waals surface area (Å²) in [6, 6.07) is 5.78. The highest BCUT2D eigenvalue weighted by Gasteiger charge is 2.35. The molecular formula is C15H21N3O. The van der Waals surface area contributed by atoms with Crippen LogP contribution in [0.3, 0.4) is 0 Å². The first-order valence-corrected chi connectivity index (χ1v) is 6.96. The molecule has 3 N–H and O–H groups in total. The van der Waals surface area contributed by atoms with Crippen molar-refractivity contribution < 1.29 is 4.79 Å². The number of hydrogen-bond acceptors (Lipinski definition) is 3. The first kappa shape index (κ1) is 12.6. The molecule has 102 valence electrons. The summed E-state index contributed by atoms with van der Waals surface area (Å²) >= 11 is 0. The number of hydrogen-bond donors (Lipinski definition) is 2. The van der Waals surface area contributed by atoms with Crippen LogP contribution in [-0.4, -0.2) is 37.0 Å². The molecule has 0 saturated carbocycles. The lowest BCUT2D eigenvalue weighted by atomic mass is 10.0. The number of nitrogens with one attached hydrogen (secondary N) is 1. The molecule has 3 rings (SSSR count). The van der Waals surface area contributed by atoms with E-state index in [1.807, 2.05) is 18.2 Å². The Morgan fingerprint density at radius 2 is 2.05 bits per heavy atom. The van der Waals surface area contributed by atoms with Crippen molar-refractivity contribution in [1.29, 1.82) is 0 Å². The molecule has 0 aliphatic carbocycles. The van der Waals surface area contributed by atoms with Crippen molar-refractivity contribution in [3.63, 3.8) is 0 Å². The smallest absolute Gasteiger partial charge is 0.248 e. The number of aryl methyl sites for hydroxylation is 1.